The first kappa shape index (κ1) is 18.9. The van der Waals surface area contributed by atoms with Crippen molar-refractivity contribution in [1.82, 2.24) is 0 Å². The van der Waals surface area contributed by atoms with Gasteiger partial charge in [0.1, 0.15) is 0 Å². The van der Waals surface area contributed by atoms with E-state index in [9.17, 15) is 16.8 Å². The van der Waals surface area contributed by atoms with Gasteiger partial charge in [-0.15, -0.1) is 3.63 Å². The van der Waals surface area contributed by atoms with Crippen LogP contribution in [0.25, 0.3) is 0 Å². The third kappa shape index (κ3) is 6.23. The predicted molar refractivity (Wildman–Crippen MR) is 76.9 cm³/mol. The van der Waals surface area contributed by atoms with Crippen molar-refractivity contribution in [2.75, 3.05) is 0 Å². The molecular formula is C12H26O5S2. The van der Waals surface area contributed by atoms with Crippen molar-refractivity contribution in [3.8, 4) is 0 Å². The molecule has 0 saturated carbocycles. The molecule has 1 unspecified atom stereocenters. The Kier molecular flexibility index (Phi) is 8.15. The molecule has 0 rings (SSSR count). The summed E-state index contributed by atoms with van der Waals surface area (Å²) in [7, 11) is -8.11. The molecule has 0 spiro atoms. The average molecular weight is 314 g/mol. The van der Waals surface area contributed by atoms with Gasteiger partial charge in [0.25, 0.3) is 20.2 Å². The highest BCUT2D eigenvalue weighted by Gasteiger charge is 2.33. The number of hydrogen-bond acceptors (Lipinski definition) is 5. The summed E-state index contributed by atoms with van der Waals surface area (Å²) in [6, 6.07) is 0. The van der Waals surface area contributed by atoms with Crippen LogP contribution in [-0.2, 0) is 23.9 Å². The van der Waals surface area contributed by atoms with Gasteiger partial charge in [0.15, 0.2) is 0 Å². The van der Waals surface area contributed by atoms with E-state index in [0.717, 1.165) is 0 Å². The van der Waals surface area contributed by atoms with Crippen molar-refractivity contribution in [2.45, 2.75) is 76.7 Å². The Labute approximate surface area is 118 Å². The van der Waals surface area contributed by atoms with E-state index in [1.807, 2.05) is 20.8 Å². The van der Waals surface area contributed by atoms with E-state index in [2.05, 4.69) is 3.63 Å². The Bertz CT molecular complexity index is 433. The second kappa shape index (κ2) is 8.21. The fraction of sp³-hybridized carbons (Fsp3) is 1.00. The van der Waals surface area contributed by atoms with Crippen LogP contribution in [0.5, 0.6) is 0 Å². The summed E-state index contributed by atoms with van der Waals surface area (Å²) in [6.07, 6.45) is 3.26. The first-order chi connectivity index (χ1) is 8.71. The first-order valence-corrected chi connectivity index (χ1v) is 9.84. The molecular weight excluding hydrogens is 288 g/mol. The van der Waals surface area contributed by atoms with Gasteiger partial charge in [0.2, 0.25) is 0 Å². The van der Waals surface area contributed by atoms with Crippen LogP contribution < -0.4 is 0 Å². The van der Waals surface area contributed by atoms with E-state index >= 15 is 0 Å². The molecule has 0 saturated heterocycles. The molecule has 0 fully saturated rings. The lowest BCUT2D eigenvalue weighted by Gasteiger charge is -2.17. The van der Waals surface area contributed by atoms with Gasteiger partial charge in [-0.2, -0.15) is 16.8 Å². The fourth-order valence-corrected chi connectivity index (χ4v) is 5.49. The molecule has 5 nitrogen and oxygen atoms in total. The molecule has 0 N–H and O–H groups in total. The third-order valence-corrected chi connectivity index (χ3v) is 7.03. The van der Waals surface area contributed by atoms with Crippen LogP contribution in [0.2, 0.25) is 0 Å². The molecule has 1 atom stereocenters. The van der Waals surface area contributed by atoms with Gasteiger partial charge in [-0.3, -0.25) is 0 Å². The lowest BCUT2D eigenvalue weighted by molar-refractivity contribution is 0.434. The van der Waals surface area contributed by atoms with E-state index in [-0.39, 0.29) is 0 Å². The topological polar surface area (TPSA) is 77.5 Å². The Morgan fingerprint density at radius 3 is 1.58 bits per heavy atom. The largest absolute Gasteiger partial charge is 0.284 e. The quantitative estimate of drug-likeness (QED) is 0.619. The van der Waals surface area contributed by atoms with Gasteiger partial charge in [0, 0.05) is 0 Å². The van der Waals surface area contributed by atoms with Gasteiger partial charge in [-0.25, -0.2) is 0 Å². The van der Waals surface area contributed by atoms with Crippen LogP contribution in [0, 0.1) is 0 Å². The highest BCUT2D eigenvalue weighted by Crippen LogP contribution is 2.21. The maximum absolute atomic E-state index is 12.0. The monoisotopic (exact) mass is 314 g/mol. The smallest absolute Gasteiger partial charge is 0.198 e. The van der Waals surface area contributed by atoms with Crippen molar-refractivity contribution in [3.63, 3.8) is 0 Å². The minimum absolute atomic E-state index is 0.393. The van der Waals surface area contributed by atoms with Crippen molar-refractivity contribution in [2.24, 2.45) is 0 Å². The zero-order valence-electron chi connectivity index (χ0n) is 12.3. The summed E-state index contributed by atoms with van der Waals surface area (Å²) in [5, 5.41) is -1.53. The zero-order valence-corrected chi connectivity index (χ0v) is 13.9. The molecule has 116 valence electrons. The van der Waals surface area contributed by atoms with Gasteiger partial charge >= 0.3 is 0 Å². The van der Waals surface area contributed by atoms with Crippen LogP contribution in [-0.4, -0.2) is 27.3 Å². The first-order valence-electron chi connectivity index (χ1n) is 6.89. The molecule has 0 heterocycles. The minimum atomic E-state index is -4.06. The number of rotatable bonds is 10. The van der Waals surface area contributed by atoms with Crippen LogP contribution in [0.15, 0.2) is 0 Å². The standard InChI is InChI=1S/C12H26O5S2/c1-5-8-11(4)18(13,14)17-19(15,16)12(9-6-2)10-7-3/h11-12H,5-10H2,1-4H3. The molecule has 0 aliphatic carbocycles. The highest BCUT2D eigenvalue weighted by atomic mass is 32.3. The van der Waals surface area contributed by atoms with E-state index in [1.54, 1.807) is 0 Å². The molecule has 0 aromatic rings. The van der Waals surface area contributed by atoms with Gasteiger partial charge in [0.05, 0.1) is 10.5 Å². The van der Waals surface area contributed by atoms with Crippen molar-refractivity contribution < 1.29 is 20.5 Å². The van der Waals surface area contributed by atoms with E-state index < -0.39 is 30.7 Å². The molecule has 0 aliphatic rings. The normalized spacial score (nSPS) is 14.8. The van der Waals surface area contributed by atoms with Crippen molar-refractivity contribution in [3.05, 3.63) is 0 Å². The van der Waals surface area contributed by atoms with Gasteiger partial charge < -0.3 is 0 Å². The van der Waals surface area contributed by atoms with Crippen LogP contribution in [0.4, 0.5) is 0 Å². The molecule has 0 radical (unpaired) electrons. The van der Waals surface area contributed by atoms with Crippen molar-refractivity contribution >= 4 is 20.2 Å². The molecule has 0 aromatic heterocycles. The summed E-state index contributed by atoms with van der Waals surface area (Å²) in [6.45, 7) is 7.05. The van der Waals surface area contributed by atoms with Crippen molar-refractivity contribution in [1.29, 1.82) is 0 Å². The fourth-order valence-electron chi connectivity index (χ4n) is 1.88. The Balaban J connectivity index is 5.01. The molecule has 0 bridgehead atoms. The van der Waals surface area contributed by atoms with Crippen LogP contribution in [0.3, 0.4) is 0 Å². The molecule has 0 amide bonds. The molecule has 19 heavy (non-hydrogen) atoms. The number of hydrogen-bond donors (Lipinski definition) is 0. The maximum Gasteiger partial charge on any atom is 0.284 e. The Hall–Kier alpha value is -0.140. The molecule has 0 aromatic carbocycles. The van der Waals surface area contributed by atoms with Crippen LogP contribution >= 0.6 is 0 Å². The summed E-state index contributed by atoms with van der Waals surface area (Å²) in [4.78, 5) is 0. The Morgan fingerprint density at radius 1 is 0.789 bits per heavy atom. The maximum atomic E-state index is 12.0. The lowest BCUT2D eigenvalue weighted by atomic mass is 10.2. The zero-order chi connectivity index (χ0) is 15.1. The minimum Gasteiger partial charge on any atom is -0.198 e. The predicted octanol–water partition coefficient (Wildman–Crippen LogP) is 2.82. The van der Waals surface area contributed by atoms with Crippen LogP contribution in [0.1, 0.15) is 66.2 Å². The summed E-state index contributed by atoms with van der Waals surface area (Å²) in [5.74, 6) is 0. The van der Waals surface area contributed by atoms with E-state index in [1.165, 1.54) is 6.92 Å². The molecule has 7 heteroatoms. The summed E-state index contributed by atoms with van der Waals surface area (Å²) < 4.78 is 52.3. The van der Waals surface area contributed by atoms with E-state index in [4.69, 9.17) is 0 Å². The SMILES string of the molecule is CCCC(C)S(=O)(=O)OS(=O)(=O)C(CCC)CCC. The summed E-state index contributed by atoms with van der Waals surface area (Å²) >= 11 is 0. The van der Waals surface area contributed by atoms with Gasteiger partial charge in [-0.1, -0.05) is 40.0 Å². The second-order valence-corrected chi connectivity index (χ2v) is 8.84. The summed E-state index contributed by atoms with van der Waals surface area (Å²) in [5.41, 5.74) is 0. The third-order valence-electron chi connectivity index (χ3n) is 3.01. The lowest BCUT2D eigenvalue weighted by Crippen LogP contribution is -2.30. The molecule has 0 aliphatic heterocycles. The van der Waals surface area contributed by atoms with E-state index in [0.29, 0.717) is 38.5 Å². The average Bonchev–Trinajstić information content (AvgIpc) is 2.27. The second-order valence-electron chi connectivity index (χ2n) is 4.85. The van der Waals surface area contributed by atoms with Gasteiger partial charge in [-0.05, 0) is 26.2 Å². The highest BCUT2D eigenvalue weighted by molar-refractivity contribution is 8.00. The Morgan fingerprint density at radius 2 is 1.21 bits per heavy atom.